The fraction of sp³-hybridized carbons (Fsp3) is 0.235. The second kappa shape index (κ2) is 13.5. The number of benzene rings is 3. The van der Waals surface area contributed by atoms with Gasteiger partial charge in [0.15, 0.2) is 0 Å². The predicted molar refractivity (Wildman–Crippen MR) is 173 cm³/mol. The molecular formula is C34H33ClN2O5S. The fourth-order valence-corrected chi connectivity index (χ4v) is 6.55. The van der Waals surface area contributed by atoms with E-state index in [9.17, 15) is 9.59 Å². The van der Waals surface area contributed by atoms with Gasteiger partial charge in [0, 0.05) is 34.7 Å². The minimum Gasteiger partial charge on any atom is -0.497 e. The van der Waals surface area contributed by atoms with Crippen molar-refractivity contribution in [2.24, 2.45) is 0 Å². The molecule has 3 aromatic carbocycles. The maximum atomic E-state index is 14.1. The summed E-state index contributed by atoms with van der Waals surface area (Å²) in [5.74, 6) is 0.828. The van der Waals surface area contributed by atoms with E-state index >= 15 is 0 Å². The van der Waals surface area contributed by atoms with Gasteiger partial charge in [-0.25, -0.2) is 4.79 Å². The molecule has 0 aliphatic rings. The number of rotatable bonds is 11. The number of nitrogens with zero attached hydrogens (tertiary/aromatic N) is 2. The van der Waals surface area contributed by atoms with Gasteiger partial charge in [0.05, 0.1) is 32.8 Å². The lowest BCUT2D eigenvalue weighted by Crippen LogP contribution is -2.23. The van der Waals surface area contributed by atoms with Crippen molar-refractivity contribution in [3.8, 4) is 21.9 Å². The normalized spacial score (nSPS) is 11.2. The zero-order chi connectivity index (χ0) is 30.5. The molecular weight excluding hydrogens is 584 g/mol. The molecule has 0 aliphatic carbocycles. The van der Waals surface area contributed by atoms with Crippen molar-refractivity contribution in [2.45, 2.75) is 26.6 Å². The number of para-hydroxylation sites is 1. The molecule has 0 saturated carbocycles. The first kappa shape index (κ1) is 30.4. The Morgan fingerprint density at radius 1 is 0.953 bits per heavy atom. The van der Waals surface area contributed by atoms with E-state index in [1.165, 1.54) is 11.3 Å². The van der Waals surface area contributed by atoms with Crippen LogP contribution in [0.25, 0.3) is 20.7 Å². The first-order valence-corrected chi connectivity index (χ1v) is 15.1. The van der Waals surface area contributed by atoms with Gasteiger partial charge in [-0.1, -0.05) is 41.9 Å². The van der Waals surface area contributed by atoms with Crippen LogP contribution in [0.15, 0.2) is 83.8 Å². The number of thiophene rings is 1. The molecule has 0 radical (unpaired) electrons. The molecule has 7 nitrogen and oxygen atoms in total. The molecule has 5 rings (SSSR count). The number of hydrogen-bond acceptors (Lipinski definition) is 7. The van der Waals surface area contributed by atoms with Crippen molar-refractivity contribution in [1.29, 1.82) is 0 Å². The Balaban J connectivity index is 1.72. The number of hydrogen-bond donors (Lipinski definition) is 0. The van der Waals surface area contributed by atoms with E-state index in [0.29, 0.717) is 30.0 Å². The Labute approximate surface area is 259 Å². The summed E-state index contributed by atoms with van der Waals surface area (Å²) in [6, 6.07) is 23.3. The first-order chi connectivity index (χ1) is 20.8. The number of carbonyl (C=O) groups is 1. The Bertz CT molecular complexity index is 1800. The lowest BCUT2D eigenvalue weighted by molar-refractivity contribution is 0.0524. The molecule has 9 heteroatoms. The third-order valence-electron chi connectivity index (χ3n) is 7.18. The van der Waals surface area contributed by atoms with Crippen LogP contribution >= 0.6 is 22.9 Å². The Morgan fingerprint density at radius 3 is 2.35 bits per heavy atom. The summed E-state index contributed by atoms with van der Waals surface area (Å²) in [5, 5.41) is 1.19. The van der Waals surface area contributed by atoms with Gasteiger partial charge in [0.2, 0.25) is 5.43 Å². The monoisotopic (exact) mass is 616 g/mol. The van der Waals surface area contributed by atoms with Crippen LogP contribution in [0.4, 0.5) is 0 Å². The minimum atomic E-state index is -0.638. The minimum absolute atomic E-state index is 0.00457. The molecule has 0 aliphatic heterocycles. The van der Waals surface area contributed by atoms with Gasteiger partial charge in [0.25, 0.3) is 0 Å². The number of methoxy groups -OCH3 is 2. The second-order valence-electron chi connectivity index (χ2n) is 10.1. The van der Waals surface area contributed by atoms with Crippen LogP contribution in [0.5, 0.6) is 11.5 Å². The van der Waals surface area contributed by atoms with E-state index < -0.39 is 5.97 Å². The zero-order valence-electron chi connectivity index (χ0n) is 24.6. The van der Waals surface area contributed by atoms with Crippen molar-refractivity contribution >= 4 is 39.1 Å². The molecule has 0 atom stereocenters. The Morgan fingerprint density at radius 2 is 1.67 bits per heavy atom. The molecule has 0 saturated heterocycles. The van der Waals surface area contributed by atoms with Crippen LogP contribution in [0.1, 0.15) is 34.0 Å². The summed E-state index contributed by atoms with van der Waals surface area (Å²) in [4.78, 5) is 31.1. The lowest BCUT2D eigenvalue weighted by atomic mass is 10.0. The van der Waals surface area contributed by atoms with Crippen LogP contribution in [-0.2, 0) is 24.4 Å². The second-order valence-corrected chi connectivity index (χ2v) is 11.6. The van der Waals surface area contributed by atoms with Gasteiger partial charge in [-0.05, 0) is 73.1 Å². The molecule has 2 heterocycles. The summed E-state index contributed by atoms with van der Waals surface area (Å²) < 4.78 is 18.3. The van der Waals surface area contributed by atoms with Crippen molar-refractivity contribution < 1.29 is 19.0 Å². The third kappa shape index (κ3) is 6.62. The van der Waals surface area contributed by atoms with Crippen LogP contribution in [0, 0.1) is 0 Å². The predicted octanol–water partition coefficient (Wildman–Crippen LogP) is 7.26. The largest absolute Gasteiger partial charge is 0.497 e. The highest BCUT2D eigenvalue weighted by Gasteiger charge is 2.25. The van der Waals surface area contributed by atoms with Crippen LogP contribution < -0.4 is 14.9 Å². The van der Waals surface area contributed by atoms with E-state index in [0.717, 1.165) is 43.5 Å². The summed E-state index contributed by atoms with van der Waals surface area (Å²) in [5.41, 5.74) is 3.49. The van der Waals surface area contributed by atoms with Crippen LogP contribution in [0.2, 0.25) is 5.02 Å². The number of esters is 1. The molecule has 2 aromatic heterocycles. The van der Waals surface area contributed by atoms with Gasteiger partial charge in [-0.3, -0.25) is 9.69 Å². The highest BCUT2D eigenvalue weighted by atomic mass is 35.5. The Kier molecular flexibility index (Phi) is 9.50. The standard InChI is InChI=1S/C34H33ClN2O5S/c1-5-42-34(39)28-21-37(19-24-8-6-7-9-29(24)41-4)33-30(31(28)38)27(20-36(2)18-22-10-14-25(35)15-11-22)32(43-33)23-12-16-26(40-3)17-13-23/h6-17,21H,5,18-20H2,1-4H3. The van der Waals surface area contributed by atoms with Crippen molar-refractivity contribution in [1.82, 2.24) is 9.47 Å². The van der Waals surface area contributed by atoms with Crippen molar-refractivity contribution in [3.63, 3.8) is 0 Å². The molecule has 0 fully saturated rings. The summed E-state index contributed by atoms with van der Waals surface area (Å²) >= 11 is 7.64. The first-order valence-electron chi connectivity index (χ1n) is 13.9. The number of pyridine rings is 1. The van der Waals surface area contributed by atoms with E-state index in [1.54, 1.807) is 27.3 Å². The van der Waals surface area contributed by atoms with E-state index in [4.69, 9.17) is 25.8 Å². The third-order valence-corrected chi connectivity index (χ3v) is 8.75. The number of carbonyl (C=O) groups excluding carboxylic acids is 1. The van der Waals surface area contributed by atoms with Crippen molar-refractivity contribution in [3.05, 3.63) is 116 Å². The summed E-state index contributed by atoms with van der Waals surface area (Å²) in [6.07, 6.45) is 1.62. The van der Waals surface area contributed by atoms with Gasteiger partial charge in [-0.15, -0.1) is 11.3 Å². The smallest absolute Gasteiger partial charge is 0.343 e. The average Bonchev–Trinajstić information content (AvgIpc) is 3.39. The fourth-order valence-electron chi connectivity index (χ4n) is 5.14. The highest BCUT2D eigenvalue weighted by Crippen LogP contribution is 2.39. The molecule has 0 amide bonds. The van der Waals surface area contributed by atoms with Gasteiger partial charge < -0.3 is 18.8 Å². The van der Waals surface area contributed by atoms with Gasteiger partial charge in [0.1, 0.15) is 21.9 Å². The van der Waals surface area contributed by atoms with E-state index in [-0.39, 0.29) is 17.6 Å². The zero-order valence-corrected chi connectivity index (χ0v) is 26.1. The number of halogens is 1. The van der Waals surface area contributed by atoms with Crippen LogP contribution in [0.3, 0.4) is 0 Å². The number of aromatic nitrogens is 1. The summed E-state index contributed by atoms with van der Waals surface area (Å²) in [7, 11) is 5.27. The topological polar surface area (TPSA) is 70.0 Å². The van der Waals surface area contributed by atoms with Gasteiger partial charge >= 0.3 is 5.97 Å². The highest BCUT2D eigenvalue weighted by molar-refractivity contribution is 7.22. The summed E-state index contributed by atoms with van der Waals surface area (Å²) in [6.45, 7) is 3.41. The number of ether oxygens (including phenoxy) is 3. The average molecular weight is 617 g/mol. The molecule has 0 N–H and O–H groups in total. The molecule has 0 spiro atoms. The Hall–Kier alpha value is -4.11. The molecule has 43 heavy (non-hydrogen) atoms. The van der Waals surface area contributed by atoms with Gasteiger partial charge in [-0.2, -0.15) is 0 Å². The number of fused-ring (bicyclic) bond motifs is 1. The van der Waals surface area contributed by atoms with Crippen molar-refractivity contribution in [2.75, 3.05) is 27.9 Å². The maximum Gasteiger partial charge on any atom is 0.343 e. The van der Waals surface area contributed by atoms with Crippen LogP contribution in [-0.4, -0.2) is 43.3 Å². The quantitative estimate of drug-likeness (QED) is 0.146. The van der Waals surface area contributed by atoms with E-state index in [2.05, 4.69) is 4.90 Å². The SMILES string of the molecule is CCOC(=O)c1cn(Cc2ccccc2OC)c2sc(-c3ccc(OC)cc3)c(CN(C)Cc3ccc(Cl)cc3)c2c1=O. The lowest BCUT2D eigenvalue weighted by Gasteiger charge is -2.18. The molecule has 0 unspecified atom stereocenters. The molecule has 222 valence electrons. The molecule has 0 bridgehead atoms. The molecule has 5 aromatic rings. The van der Waals surface area contributed by atoms with E-state index in [1.807, 2.05) is 84.4 Å². The maximum absolute atomic E-state index is 14.1.